The first-order chi connectivity index (χ1) is 10.1. The lowest BCUT2D eigenvalue weighted by molar-refractivity contribution is -0.135. The van der Waals surface area contributed by atoms with Crippen LogP contribution in [0.25, 0.3) is 0 Å². The van der Waals surface area contributed by atoms with E-state index in [2.05, 4.69) is 9.48 Å². The Kier molecular flexibility index (Phi) is 3.89. The second-order valence-electron chi connectivity index (χ2n) is 6.00. The zero-order valence-electron chi connectivity index (χ0n) is 12.2. The highest BCUT2D eigenvalue weighted by molar-refractivity contribution is 7.98. The van der Waals surface area contributed by atoms with E-state index < -0.39 is 0 Å². The number of carbonyl (C=O) groups excluding carboxylic acids is 1. The number of nitroso groups, excluding NO2 is 1. The molecule has 0 radical (unpaired) electrons. The van der Waals surface area contributed by atoms with Gasteiger partial charge >= 0.3 is 0 Å². The van der Waals surface area contributed by atoms with Gasteiger partial charge in [0.2, 0.25) is 5.91 Å². The Hall–Kier alpha value is -1.56. The quantitative estimate of drug-likeness (QED) is 0.634. The van der Waals surface area contributed by atoms with Crippen molar-refractivity contribution in [3.05, 3.63) is 29.2 Å². The summed E-state index contributed by atoms with van der Waals surface area (Å²) in [5.41, 5.74) is 1.16. The minimum Gasteiger partial charge on any atom is -0.365 e. The number of rotatable bonds is 4. The average Bonchev–Trinajstić information content (AvgIpc) is 3.07. The predicted octanol–water partition coefficient (Wildman–Crippen LogP) is 2.91. The first-order valence-corrected chi connectivity index (χ1v) is 8.04. The molecular weight excluding hydrogens is 286 g/mol. The maximum atomic E-state index is 12.2. The fourth-order valence-corrected chi connectivity index (χ4v) is 3.67. The van der Waals surface area contributed by atoms with Crippen LogP contribution in [-0.4, -0.2) is 36.0 Å². The molecular formula is C15H19N3O2S. The number of nitrogens with zero attached hydrogens (tertiary/aromatic N) is 3. The van der Waals surface area contributed by atoms with Crippen molar-refractivity contribution in [1.29, 1.82) is 0 Å². The molecule has 1 amide bonds. The molecule has 1 aromatic carbocycles. The van der Waals surface area contributed by atoms with Crippen LogP contribution in [0.15, 0.2) is 33.7 Å². The zero-order chi connectivity index (χ0) is 15.0. The van der Waals surface area contributed by atoms with E-state index in [-0.39, 0.29) is 11.8 Å². The highest BCUT2D eigenvalue weighted by atomic mass is 32.2. The SMILES string of the molecule is CC(C)C(=O)N1CC2CC1CN2c1ccc(SN=O)cc1. The molecule has 5 nitrogen and oxygen atoms in total. The Morgan fingerprint density at radius 2 is 1.95 bits per heavy atom. The summed E-state index contributed by atoms with van der Waals surface area (Å²) in [5.74, 6) is 0.343. The van der Waals surface area contributed by atoms with Gasteiger partial charge in [-0.2, -0.15) is 0 Å². The third kappa shape index (κ3) is 2.64. The van der Waals surface area contributed by atoms with Crippen LogP contribution in [0, 0.1) is 10.8 Å². The lowest BCUT2D eigenvalue weighted by atomic mass is 10.1. The molecule has 0 aromatic heterocycles. The molecule has 2 heterocycles. The van der Waals surface area contributed by atoms with Crippen LogP contribution >= 0.6 is 11.9 Å². The number of piperazine rings is 1. The molecule has 0 saturated carbocycles. The first-order valence-electron chi connectivity index (χ1n) is 7.27. The van der Waals surface area contributed by atoms with Gasteiger partial charge < -0.3 is 9.80 Å². The lowest BCUT2D eigenvalue weighted by Crippen LogP contribution is -2.50. The number of benzene rings is 1. The molecule has 6 heteroatoms. The van der Waals surface area contributed by atoms with Crippen LogP contribution in [0.1, 0.15) is 20.3 Å². The highest BCUT2D eigenvalue weighted by Gasteiger charge is 2.45. The Morgan fingerprint density at radius 1 is 1.24 bits per heavy atom. The van der Waals surface area contributed by atoms with Gasteiger partial charge in [0.25, 0.3) is 0 Å². The molecule has 2 unspecified atom stereocenters. The van der Waals surface area contributed by atoms with Crippen molar-refractivity contribution >= 4 is 23.5 Å². The standard InChI is InChI=1S/C15H19N3O2S/c1-10(2)15(19)18-9-12-7-13(18)8-17(12)11-3-5-14(6-4-11)21-16-20/h3-6,10,12-13H,7-9H2,1-2H3. The minimum absolute atomic E-state index is 0.0740. The van der Waals surface area contributed by atoms with Crippen LogP contribution in [-0.2, 0) is 4.79 Å². The molecule has 2 aliphatic rings. The molecule has 2 aliphatic heterocycles. The second-order valence-corrected chi connectivity index (χ2v) is 6.80. The van der Waals surface area contributed by atoms with Crippen molar-refractivity contribution in [2.45, 2.75) is 37.2 Å². The van der Waals surface area contributed by atoms with Crippen LogP contribution in [0.4, 0.5) is 5.69 Å². The predicted molar refractivity (Wildman–Crippen MR) is 84.2 cm³/mol. The third-order valence-corrected chi connectivity index (χ3v) is 4.89. The fraction of sp³-hybridized carbons (Fsp3) is 0.533. The Labute approximate surface area is 128 Å². The van der Waals surface area contributed by atoms with Gasteiger partial charge in [-0.25, -0.2) is 0 Å². The molecule has 3 rings (SSSR count). The zero-order valence-corrected chi connectivity index (χ0v) is 13.0. The average molecular weight is 305 g/mol. The van der Waals surface area contributed by atoms with Crippen LogP contribution in [0.5, 0.6) is 0 Å². The molecule has 2 fully saturated rings. The Bertz CT molecular complexity index is 546. The smallest absolute Gasteiger partial charge is 0.225 e. The molecule has 1 aromatic rings. The summed E-state index contributed by atoms with van der Waals surface area (Å²) in [4.78, 5) is 27.7. The number of likely N-dealkylation sites (tertiary alicyclic amines) is 1. The molecule has 0 aliphatic carbocycles. The number of hydrogen-bond acceptors (Lipinski definition) is 5. The van der Waals surface area contributed by atoms with Crippen LogP contribution in [0.2, 0.25) is 0 Å². The molecule has 2 atom stereocenters. The van der Waals surface area contributed by atoms with Crippen molar-refractivity contribution in [2.75, 3.05) is 18.0 Å². The van der Waals surface area contributed by atoms with Crippen molar-refractivity contribution in [1.82, 2.24) is 4.90 Å². The topological polar surface area (TPSA) is 53.0 Å². The van der Waals surface area contributed by atoms with E-state index >= 15 is 0 Å². The molecule has 0 N–H and O–H groups in total. The van der Waals surface area contributed by atoms with E-state index in [0.29, 0.717) is 12.1 Å². The van der Waals surface area contributed by atoms with Gasteiger partial charge in [-0.3, -0.25) is 4.79 Å². The summed E-state index contributed by atoms with van der Waals surface area (Å²) in [6.07, 6.45) is 1.06. The van der Waals surface area contributed by atoms with Gasteiger partial charge in [-0.1, -0.05) is 13.8 Å². The maximum absolute atomic E-state index is 12.2. The van der Waals surface area contributed by atoms with E-state index in [9.17, 15) is 9.70 Å². The first kappa shape index (κ1) is 14.4. The van der Waals surface area contributed by atoms with Gasteiger partial charge in [-0.05, 0) is 30.7 Å². The van der Waals surface area contributed by atoms with Crippen molar-refractivity contribution in [3.8, 4) is 0 Å². The van der Waals surface area contributed by atoms with Gasteiger partial charge in [0.05, 0.1) is 18.0 Å². The largest absolute Gasteiger partial charge is 0.365 e. The number of amides is 1. The van der Waals surface area contributed by atoms with Crippen molar-refractivity contribution in [3.63, 3.8) is 0 Å². The molecule has 2 saturated heterocycles. The summed E-state index contributed by atoms with van der Waals surface area (Å²) in [5, 5.41) is 0. The number of anilines is 1. The summed E-state index contributed by atoms with van der Waals surface area (Å²) >= 11 is 0.947. The number of carbonyl (C=O) groups is 1. The third-order valence-electron chi connectivity index (χ3n) is 4.33. The molecule has 21 heavy (non-hydrogen) atoms. The Balaban J connectivity index is 1.69. The van der Waals surface area contributed by atoms with Gasteiger partial charge in [0, 0.05) is 40.2 Å². The van der Waals surface area contributed by atoms with Gasteiger partial charge in [0.15, 0.2) is 0 Å². The van der Waals surface area contributed by atoms with E-state index in [0.717, 1.165) is 42.0 Å². The maximum Gasteiger partial charge on any atom is 0.225 e. The van der Waals surface area contributed by atoms with Gasteiger partial charge in [0.1, 0.15) is 0 Å². The number of hydrogen-bond donors (Lipinski definition) is 0. The summed E-state index contributed by atoms with van der Waals surface area (Å²) < 4.78 is 2.83. The summed E-state index contributed by atoms with van der Waals surface area (Å²) in [6, 6.07) is 8.66. The number of fused-ring (bicyclic) bond motifs is 2. The summed E-state index contributed by atoms with van der Waals surface area (Å²) in [6.45, 7) is 5.66. The molecule has 0 spiro atoms. The molecule has 112 valence electrons. The minimum atomic E-state index is 0.0740. The van der Waals surface area contributed by atoms with E-state index in [1.54, 1.807) is 0 Å². The van der Waals surface area contributed by atoms with E-state index in [1.165, 1.54) is 0 Å². The lowest BCUT2D eigenvalue weighted by Gasteiger charge is -2.36. The molecule has 2 bridgehead atoms. The normalized spacial score (nSPS) is 24.0. The second kappa shape index (κ2) is 5.67. The highest BCUT2D eigenvalue weighted by Crippen LogP contribution is 2.35. The van der Waals surface area contributed by atoms with Crippen LogP contribution in [0.3, 0.4) is 0 Å². The van der Waals surface area contributed by atoms with Crippen LogP contribution < -0.4 is 4.90 Å². The van der Waals surface area contributed by atoms with Gasteiger partial charge in [-0.15, -0.1) is 4.91 Å². The monoisotopic (exact) mass is 305 g/mol. The fourth-order valence-electron chi connectivity index (χ4n) is 3.33. The Morgan fingerprint density at radius 3 is 2.48 bits per heavy atom. The van der Waals surface area contributed by atoms with E-state index in [1.807, 2.05) is 43.0 Å². The van der Waals surface area contributed by atoms with Crippen molar-refractivity contribution < 1.29 is 4.79 Å². The summed E-state index contributed by atoms with van der Waals surface area (Å²) in [7, 11) is 0. The van der Waals surface area contributed by atoms with Crippen molar-refractivity contribution in [2.24, 2.45) is 10.5 Å². The van der Waals surface area contributed by atoms with E-state index in [4.69, 9.17) is 0 Å².